The minimum absolute atomic E-state index is 0.105. The van der Waals surface area contributed by atoms with Crippen LogP contribution in [-0.4, -0.2) is 178 Å². The number of nitrogens with one attached hydrogen (secondary N) is 1. The molecule has 2 aliphatic carbocycles. The Labute approximate surface area is 496 Å². The number of nitrogens with zero attached hydrogens (tertiary/aromatic N) is 3. The van der Waals surface area contributed by atoms with E-state index in [1.54, 1.807) is 13.0 Å². The predicted octanol–water partition coefficient (Wildman–Crippen LogP) is 5.83. The lowest BCUT2D eigenvalue weighted by Gasteiger charge is -2.57. The van der Waals surface area contributed by atoms with Gasteiger partial charge in [0.2, 0.25) is 5.91 Å². The molecule has 7 unspecified atom stereocenters. The Bertz CT molecular complexity index is 3190. The van der Waals surface area contributed by atoms with Crippen LogP contribution in [0.15, 0.2) is 119 Å². The summed E-state index contributed by atoms with van der Waals surface area (Å²) in [6, 6.07) is -1.06. The Balaban J connectivity index is 1.18. The van der Waals surface area contributed by atoms with Crippen LogP contribution < -0.4 is 5.32 Å². The van der Waals surface area contributed by atoms with E-state index in [1.807, 2.05) is 26.0 Å². The number of carbonyl (C=O) groups excluding carboxylic acids is 3. The third-order valence-electron chi connectivity index (χ3n) is 17.8. The van der Waals surface area contributed by atoms with E-state index in [1.165, 1.54) is 27.9 Å². The van der Waals surface area contributed by atoms with Crippen molar-refractivity contribution in [3.05, 3.63) is 104 Å². The summed E-state index contributed by atoms with van der Waals surface area (Å²) in [6.45, 7) is 17.2. The van der Waals surface area contributed by atoms with Crippen LogP contribution in [0.2, 0.25) is 0 Å². The number of esters is 2. The summed E-state index contributed by atoms with van der Waals surface area (Å²) >= 11 is 0. The minimum Gasteiger partial charge on any atom is -0.510 e. The molecule has 0 aromatic heterocycles. The average Bonchev–Trinajstić information content (AvgIpc) is 0.859. The number of allylic oxidation sites excluding steroid dienone is 13. The number of rotatable bonds is 23. The molecule has 8 bridgehead atoms. The fourth-order valence-corrected chi connectivity index (χ4v) is 13.4. The van der Waals surface area contributed by atoms with Gasteiger partial charge in [0.15, 0.2) is 17.3 Å². The number of aliphatic hydroxyl groups excluding tert-OH is 2. The number of carboxylic acids is 2. The molecule has 8 rings (SSSR count). The zero-order valence-corrected chi connectivity index (χ0v) is 50.1. The normalized spacial score (nSPS) is 33.1. The van der Waals surface area contributed by atoms with Crippen molar-refractivity contribution in [2.45, 2.75) is 148 Å². The Hall–Kier alpha value is -6.66. The first-order chi connectivity index (χ1) is 40.6. The SMILES string of the molecule is C=CC1=C(C)C2=CC3=NC(=C4C5=NC(=C(C)C5=C(O)C4C(=O)O)C=C4CC(=CC1=N2)C(C)=C4CC)C(CCC(=O)OC1[C@H](O)[C@@](COC)(OOO)C(C)(C(=O)O)O[C@@]1(C)COC[C@H]1C(NC(C)=O)[C@H](COC)OC(C)(COC(C)=O)[C@@H]1OOO)C3C. The molecule has 0 radical (unpaired) electrons. The number of carboxylic acid groups (broad SMARTS) is 2. The number of aliphatic carboxylic acids is 2. The van der Waals surface area contributed by atoms with Crippen molar-refractivity contribution >= 4 is 46.9 Å². The van der Waals surface area contributed by atoms with Crippen LogP contribution in [0.5, 0.6) is 0 Å². The topological polar surface area (TPSA) is 357 Å². The minimum atomic E-state index is -2.73. The van der Waals surface area contributed by atoms with Crippen molar-refractivity contribution < 1.29 is 108 Å². The van der Waals surface area contributed by atoms with Crippen molar-refractivity contribution in [2.75, 3.05) is 47.3 Å². The van der Waals surface area contributed by atoms with Gasteiger partial charge in [-0.1, -0.05) is 36.6 Å². The molecule has 7 N–H and O–H groups in total. The molecule has 6 aliphatic heterocycles. The summed E-state index contributed by atoms with van der Waals surface area (Å²) in [4.78, 5) is 92.4. The Morgan fingerprint density at radius 3 is 2.21 bits per heavy atom. The van der Waals surface area contributed by atoms with E-state index in [2.05, 4.69) is 41.9 Å². The first-order valence-electron chi connectivity index (χ1n) is 28.1. The van der Waals surface area contributed by atoms with Crippen LogP contribution in [-0.2, 0) is 77.0 Å². The third kappa shape index (κ3) is 11.6. The second-order valence-corrected chi connectivity index (χ2v) is 23.3. The highest BCUT2D eigenvalue weighted by molar-refractivity contribution is 6.24. The molecule has 2 fully saturated rings. The number of fused-ring (bicyclic) bond motifs is 5. The van der Waals surface area contributed by atoms with Gasteiger partial charge in [0.1, 0.15) is 47.8 Å². The number of hydrogen-bond donors (Lipinski definition) is 7. The lowest BCUT2D eigenvalue weighted by atomic mass is 9.71. The highest BCUT2D eigenvalue weighted by Gasteiger charge is 2.73. The zero-order chi connectivity index (χ0) is 63.1. The van der Waals surface area contributed by atoms with Crippen molar-refractivity contribution in [3.63, 3.8) is 0 Å². The van der Waals surface area contributed by atoms with E-state index in [4.69, 9.17) is 57.9 Å². The first-order valence-corrected chi connectivity index (χ1v) is 28.1. The molecule has 6 heterocycles. The fraction of sp³-hybridized carbons (Fsp3) is 0.567. The molecule has 13 atom stereocenters. The maximum Gasteiger partial charge on any atom is 0.339 e. The molecule has 2 saturated heterocycles. The number of methoxy groups -OCH3 is 2. The first kappa shape index (κ1) is 65.3. The van der Waals surface area contributed by atoms with Crippen molar-refractivity contribution in [3.8, 4) is 0 Å². The molecule has 8 aliphatic rings. The Morgan fingerprint density at radius 1 is 0.884 bits per heavy atom. The lowest BCUT2D eigenvalue weighted by molar-refractivity contribution is -0.557. The van der Waals surface area contributed by atoms with Gasteiger partial charge in [0.25, 0.3) is 0 Å². The maximum atomic E-state index is 14.8. The molecule has 468 valence electrons. The summed E-state index contributed by atoms with van der Waals surface area (Å²) in [6.07, 6.45) is 1.59. The molecule has 0 spiro atoms. The van der Waals surface area contributed by atoms with E-state index >= 15 is 0 Å². The van der Waals surface area contributed by atoms with Gasteiger partial charge in [-0.3, -0.25) is 24.2 Å². The molecule has 26 heteroatoms. The molecule has 86 heavy (non-hydrogen) atoms. The van der Waals surface area contributed by atoms with Crippen LogP contribution in [0.25, 0.3) is 0 Å². The van der Waals surface area contributed by atoms with E-state index in [0.717, 1.165) is 60.8 Å². The Morgan fingerprint density at radius 2 is 1.60 bits per heavy atom. The number of ether oxygens (including phenoxy) is 7. The van der Waals surface area contributed by atoms with E-state index in [0.29, 0.717) is 34.8 Å². The molecule has 0 aromatic carbocycles. The van der Waals surface area contributed by atoms with Gasteiger partial charge in [-0.2, -0.15) is 9.78 Å². The van der Waals surface area contributed by atoms with Crippen LogP contribution in [0.4, 0.5) is 0 Å². The van der Waals surface area contributed by atoms with Crippen molar-refractivity contribution in [2.24, 2.45) is 38.6 Å². The number of hydrogen-bond acceptors (Lipinski definition) is 23. The van der Waals surface area contributed by atoms with Crippen LogP contribution in [0, 0.1) is 23.7 Å². The maximum absolute atomic E-state index is 14.8. The van der Waals surface area contributed by atoms with E-state index < -0.39 is 145 Å². The summed E-state index contributed by atoms with van der Waals surface area (Å²) in [5.41, 5.74) is 0.347. The average molecular weight is 1210 g/mol. The van der Waals surface area contributed by atoms with Crippen LogP contribution >= 0.6 is 0 Å². The monoisotopic (exact) mass is 1200 g/mol. The second-order valence-electron chi connectivity index (χ2n) is 23.3. The molecule has 26 nitrogen and oxygen atoms in total. The highest BCUT2D eigenvalue weighted by Crippen LogP contribution is 2.51. The number of aliphatic imine (C=N–C) groups is 3. The predicted molar refractivity (Wildman–Crippen MR) is 303 cm³/mol. The number of aliphatic hydroxyl groups is 2. The van der Waals surface area contributed by atoms with Crippen molar-refractivity contribution in [1.29, 1.82) is 0 Å². The van der Waals surface area contributed by atoms with E-state index in [-0.39, 0.29) is 35.6 Å². The van der Waals surface area contributed by atoms with Crippen LogP contribution in [0.1, 0.15) is 94.9 Å². The van der Waals surface area contributed by atoms with Gasteiger partial charge in [0.05, 0.1) is 61.0 Å². The number of amides is 1. The van der Waals surface area contributed by atoms with E-state index in [9.17, 15) is 54.9 Å². The smallest absolute Gasteiger partial charge is 0.339 e. The van der Waals surface area contributed by atoms with Gasteiger partial charge in [-0.15, -0.1) is 0 Å². The molecular formula is C60H76N4O22. The standard InChI is InChI=1S/C60H76N4O22/c1-14-35-27(3)33-18-34(35)20-39-30(6)45-50(64-39)46(47(51(45)68)55(70)71)49-37(29(5)41(63-49)21-40-28(4)36(15-2)42(19-33)62-40)16-17-44(67)80-54-52(69)60(26-77-13,84-86-75)59(11,56(72)73)83-58(54,10)24-78-22-38-48(61-31(7)65)43(23-76-12)81-57(9,25-79-32(8)66)53(38)82-85-74/h15,19-21,29,37-38,43,47-48,52-54,68-69,74-75H,2,14,16-18,22-26H2,1,3-13H3,(H,61,65)(H,70,71)(H,72,73)/t29?,37?,38-,43-,47?,48?,52-,53+,54?,57?,58-,59?,60+/m0/s1. The zero-order valence-electron chi connectivity index (χ0n) is 50.1. The quantitative estimate of drug-likeness (QED) is 0.0359. The van der Waals surface area contributed by atoms with Gasteiger partial charge in [0, 0.05) is 74.7 Å². The highest BCUT2D eigenvalue weighted by atomic mass is 17.5. The van der Waals surface area contributed by atoms with Gasteiger partial charge in [-0.25, -0.2) is 25.3 Å². The summed E-state index contributed by atoms with van der Waals surface area (Å²) < 4.78 is 41.4. The molecule has 0 saturated carbocycles. The number of carbonyl (C=O) groups is 5. The summed E-state index contributed by atoms with van der Waals surface area (Å²) in [7, 11) is 2.51. The largest absolute Gasteiger partial charge is 0.510 e. The second kappa shape index (κ2) is 25.6. The van der Waals surface area contributed by atoms with Gasteiger partial charge in [-0.05, 0) is 112 Å². The lowest BCUT2D eigenvalue weighted by Crippen LogP contribution is -2.80. The summed E-state index contributed by atoms with van der Waals surface area (Å²) in [5, 5.41) is 77.0. The third-order valence-corrected chi connectivity index (χ3v) is 17.8. The Kier molecular flexibility index (Phi) is 19.4. The molecule has 1 amide bonds. The van der Waals surface area contributed by atoms with Crippen molar-refractivity contribution in [1.82, 2.24) is 5.32 Å². The summed E-state index contributed by atoms with van der Waals surface area (Å²) in [5.74, 6) is -9.85. The fourth-order valence-electron chi connectivity index (χ4n) is 13.4. The van der Waals surface area contributed by atoms with Crippen LogP contribution in [0.3, 0.4) is 0 Å². The van der Waals surface area contributed by atoms with Gasteiger partial charge >= 0.3 is 23.9 Å². The molecule has 0 aromatic rings. The van der Waals surface area contributed by atoms with Gasteiger partial charge < -0.3 is 58.9 Å². The molecular weight excluding hydrogens is 1130 g/mol.